The highest BCUT2D eigenvalue weighted by Crippen LogP contribution is 2.28. The van der Waals surface area contributed by atoms with E-state index in [1.54, 1.807) is 120 Å². The van der Waals surface area contributed by atoms with Crippen molar-refractivity contribution >= 4 is 44.2 Å². The third kappa shape index (κ3) is 30.8. The Kier molecular flexibility index (Phi) is 39.5. The molecule has 7 aromatic heterocycles. The molecule has 21 heteroatoms. The van der Waals surface area contributed by atoms with Gasteiger partial charge in [-0.15, -0.1) is 0 Å². The van der Waals surface area contributed by atoms with Crippen LogP contribution in [0.25, 0.3) is 43.3 Å². The van der Waals surface area contributed by atoms with Crippen LogP contribution in [0.4, 0.5) is 0 Å². The van der Waals surface area contributed by atoms with E-state index >= 15 is 0 Å². The predicted molar refractivity (Wildman–Crippen MR) is 450 cm³/mol. The number of ketones is 2. The summed E-state index contributed by atoms with van der Waals surface area (Å²) < 4.78 is 19.3. The van der Waals surface area contributed by atoms with E-state index in [1.807, 2.05) is 188 Å². The molecule has 0 saturated heterocycles. The number of aromatic hydroxyl groups is 1. The summed E-state index contributed by atoms with van der Waals surface area (Å²) in [6.45, 7) is 20.3. The normalized spacial score (nSPS) is 11.6. The highest BCUT2D eigenvalue weighted by atomic mass is 32.1. The molecular formula is C95H119N8O12S+7. The number of aryl methyl sites for hydroxylation is 1. The average molecular weight is 1600 g/mol. The van der Waals surface area contributed by atoms with Gasteiger partial charge in [0, 0.05) is 105 Å². The minimum atomic E-state index is 0.00228. The number of nitrogens with zero attached hydrogens (tertiary/aromatic N) is 8. The third-order valence-electron chi connectivity index (χ3n) is 18.4. The molecule has 1 fully saturated rings. The van der Waals surface area contributed by atoms with Crippen molar-refractivity contribution in [3.05, 3.63) is 309 Å². The third-order valence-corrected chi connectivity index (χ3v) is 19.5. The molecule has 0 amide bonds. The Hall–Kier alpha value is -11.8. The van der Waals surface area contributed by atoms with Gasteiger partial charge in [0.25, 0.3) is 11.7 Å². The van der Waals surface area contributed by atoms with Gasteiger partial charge >= 0.3 is 16.4 Å². The average Bonchev–Trinajstić information content (AvgIpc) is 1.64. The van der Waals surface area contributed by atoms with Gasteiger partial charge in [-0.1, -0.05) is 205 Å². The first-order valence-corrected chi connectivity index (χ1v) is 41.6. The second-order valence-electron chi connectivity index (χ2n) is 27.7. The van der Waals surface area contributed by atoms with Crippen LogP contribution in [0.5, 0.6) is 11.5 Å². The molecule has 1 aliphatic rings. The lowest BCUT2D eigenvalue weighted by atomic mass is 10.0. The van der Waals surface area contributed by atoms with E-state index in [1.165, 1.54) is 55.2 Å². The van der Waals surface area contributed by atoms with Crippen LogP contribution in [0.15, 0.2) is 291 Å². The summed E-state index contributed by atoms with van der Waals surface area (Å²) in [4.78, 5) is 64.4. The number of fused-ring (bicyclic) bond motifs is 2. The van der Waals surface area contributed by atoms with Crippen molar-refractivity contribution in [2.75, 3.05) is 33.0 Å². The van der Waals surface area contributed by atoms with Crippen LogP contribution in [0.1, 0.15) is 177 Å². The molecule has 1 saturated carbocycles. The number of para-hydroxylation sites is 4. The number of Topliss-reactive ketones (excluding diaryl/α,β-unsaturated/α-hetero) is 1. The highest BCUT2D eigenvalue weighted by molar-refractivity contribution is 7.21. The Morgan fingerprint density at radius 3 is 1.61 bits per heavy atom. The fourth-order valence-corrected chi connectivity index (χ4v) is 12.5. The van der Waals surface area contributed by atoms with Crippen molar-refractivity contribution in [1.29, 1.82) is 0 Å². The number of aromatic nitrogens is 8. The molecule has 20 nitrogen and oxygen atoms in total. The lowest BCUT2D eigenvalue weighted by Gasteiger charge is -2.11. The Balaban J connectivity index is 0.000000171. The summed E-state index contributed by atoms with van der Waals surface area (Å²) in [5.41, 5.74) is 8.01. The zero-order valence-electron chi connectivity index (χ0n) is 69.0. The number of hydrogen-bond donors (Lipinski definition) is 2. The monoisotopic (exact) mass is 1600 g/mol. The fourth-order valence-electron chi connectivity index (χ4n) is 11.4. The maximum atomic E-state index is 12.3. The van der Waals surface area contributed by atoms with E-state index in [9.17, 15) is 14.7 Å². The van der Waals surface area contributed by atoms with Crippen LogP contribution in [0.2, 0.25) is 0 Å². The quantitative estimate of drug-likeness (QED) is 0.0221. The van der Waals surface area contributed by atoms with Crippen LogP contribution in [0, 0.1) is 11.8 Å². The molecule has 1 aliphatic carbocycles. The summed E-state index contributed by atoms with van der Waals surface area (Å²) in [5.74, 6) is 3.00. The molecule has 116 heavy (non-hydrogen) atoms. The number of benzene rings is 6. The Labute approximate surface area is 688 Å². The topological polar surface area (TPSA) is 184 Å². The molecule has 6 aromatic carbocycles. The van der Waals surface area contributed by atoms with E-state index < -0.39 is 0 Å². The van der Waals surface area contributed by atoms with E-state index in [2.05, 4.69) is 90.1 Å². The maximum Gasteiger partial charge on any atom is 0.430 e. The fraction of sp³-hybridized carbons (Fsp3) is 0.337. The summed E-state index contributed by atoms with van der Waals surface area (Å²) in [6.07, 6.45) is 34.8. The molecule has 2 N–H and O–H groups in total. The van der Waals surface area contributed by atoms with Crippen LogP contribution in [-0.4, -0.2) is 65.8 Å². The van der Waals surface area contributed by atoms with Crippen LogP contribution < -0.4 is 66.9 Å². The SMILES string of the molecule is CC(=O)c1cc[n+](OC2CC2)cc1.CCCCC(CC)CO[n+]1cccc(CO)c1.CCCCC(CC)CO[n+]1cccc(O)c1.CCCCO[n+]1c(-c2ccccc2)sc2ccccc21.CCCCOn1ccc[n+]1C.CCO[n+]1c(-c2ccccc2)oc2ccccc21.O=C(c1ccccc1)c1cc[n+](Oc2ccccc2)cc1. The number of carbonyl (C=O) groups excluding carboxylic acids is 2. The van der Waals surface area contributed by atoms with Gasteiger partial charge in [-0.2, -0.15) is 0 Å². The Morgan fingerprint density at radius 2 is 1.04 bits per heavy atom. The van der Waals surface area contributed by atoms with Crippen molar-refractivity contribution in [1.82, 2.24) is 4.85 Å². The second-order valence-corrected chi connectivity index (χ2v) is 28.7. The van der Waals surface area contributed by atoms with Gasteiger partial charge in [-0.3, -0.25) is 33.8 Å². The smallest absolute Gasteiger partial charge is 0.430 e. The number of rotatable bonds is 34. The van der Waals surface area contributed by atoms with Crippen LogP contribution >= 0.6 is 11.3 Å². The largest absolute Gasteiger partial charge is 0.503 e. The Morgan fingerprint density at radius 1 is 0.509 bits per heavy atom. The first-order chi connectivity index (χ1) is 56.8. The van der Waals surface area contributed by atoms with Gasteiger partial charge in [-0.25, -0.2) is 4.84 Å². The molecule has 0 aliphatic heterocycles. The molecule has 0 bridgehead atoms. The number of hydrogen-bond acceptors (Lipinski definition) is 13. The van der Waals surface area contributed by atoms with Crippen molar-refractivity contribution in [3.63, 3.8) is 0 Å². The first-order valence-electron chi connectivity index (χ1n) is 40.8. The lowest BCUT2D eigenvalue weighted by Crippen LogP contribution is -2.44. The van der Waals surface area contributed by atoms with Crippen molar-refractivity contribution in [3.8, 4) is 33.5 Å². The predicted octanol–water partition coefficient (Wildman–Crippen LogP) is 15.7. The number of aliphatic hydroxyl groups excluding tert-OH is 1. The summed E-state index contributed by atoms with van der Waals surface area (Å²) in [6, 6.07) is 71.5. The van der Waals surface area contributed by atoms with Crippen LogP contribution in [0.3, 0.4) is 0 Å². The molecule has 14 rings (SSSR count). The van der Waals surface area contributed by atoms with E-state index in [0.717, 1.165) is 115 Å². The molecule has 0 spiro atoms. The molecule has 610 valence electrons. The zero-order valence-corrected chi connectivity index (χ0v) is 69.8. The standard InChI is InChI=1S/C18H14NO2.C17H18NOS.C15H14NO2.C14H24NO2.C13H21NO2.C10H12NO2.C8H15N2O/c20-18(15-7-3-1-4-8-15)16-11-13-19(14-12-16)21-17-9-5-2-6-10-17;1-2-3-13-19-18-15-11-7-8-12-16(15)20-17(18)14-9-5-4-6-10-14;1-2-17-16-13-10-6-7-11-14(13)18-15(16)12-8-4-3-5-9-12;1-3-5-7-13(4-2)12-17-15-9-6-8-14(10-15)11-16;1-3-5-7-12(4-2)11-16-14-9-6-8-13(15)10-14;1-8(12)9-4-6-11(7-5-9)13-10-2-3-10;1-3-4-8-11-10-7-5-6-9(10)2/h1-14H;4-12H,2-3,13H2,1H3;3-11H,2H2,1H3;6,8-10,13,16H,3-5,7,11-12H2,1-2H3;6,8-10,12H,3-5,7,11H2,1-2H3;4-7,10H,2-3H2,1H3;5-7H,3-4,8H2,1-2H3/q4*+1;;2*+1/p+1. The lowest BCUT2D eigenvalue weighted by molar-refractivity contribution is -0.894. The Bertz CT molecular complexity index is 4880. The van der Waals surface area contributed by atoms with Crippen molar-refractivity contribution in [2.45, 2.75) is 158 Å². The zero-order chi connectivity index (χ0) is 82.3. The van der Waals surface area contributed by atoms with Gasteiger partial charge in [0.15, 0.2) is 63.1 Å². The summed E-state index contributed by atoms with van der Waals surface area (Å²) >= 11 is 1.77. The van der Waals surface area contributed by atoms with Gasteiger partial charge in [0.1, 0.15) is 17.5 Å². The molecule has 2 atom stereocenters. The van der Waals surface area contributed by atoms with Crippen LogP contribution in [-0.2, 0) is 13.7 Å². The first kappa shape index (κ1) is 89.7. The second kappa shape index (κ2) is 51.1. The van der Waals surface area contributed by atoms with Gasteiger partial charge < -0.3 is 19.5 Å². The number of aliphatic hydroxyl groups is 1. The number of thiazole rings is 1. The minimum Gasteiger partial charge on any atom is -0.503 e. The van der Waals surface area contributed by atoms with E-state index in [-0.39, 0.29) is 23.9 Å². The molecular weight excluding hydrogens is 1480 g/mol. The summed E-state index contributed by atoms with van der Waals surface area (Å²) in [7, 11) is 1.95. The molecule has 2 unspecified atom stereocenters. The minimum absolute atomic E-state index is 0.00228. The molecule has 7 heterocycles. The summed E-state index contributed by atoms with van der Waals surface area (Å²) in [5, 5.41) is 19.5. The van der Waals surface area contributed by atoms with Crippen molar-refractivity contribution in [2.24, 2.45) is 18.9 Å². The molecule has 13 aromatic rings. The highest BCUT2D eigenvalue weighted by Gasteiger charge is 2.29. The number of unbranched alkanes of at least 4 members (excludes halogenated alkanes) is 4. The van der Waals surface area contributed by atoms with E-state index in [0.29, 0.717) is 42.3 Å². The van der Waals surface area contributed by atoms with Gasteiger partial charge in [0.2, 0.25) is 54.7 Å². The van der Waals surface area contributed by atoms with Gasteiger partial charge in [-0.05, 0) is 138 Å². The maximum absolute atomic E-state index is 12.3. The van der Waals surface area contributed by atoms with E-state index in [4.69, 9.17) is 43.4 Å². The van der Waals surface area contributed by atoms with Gasteiger partial charge in [0.05, 0.1) is 22.5 Å². The van der Waals surface area contributed by atoms with Crippen molar-refractivity contribution < 1.29 is 91.1 Å². The number of pyridine rings is 4. The number of carbonyl (C=O) groups is 2. The molecule has 0 radical (unpaired) electrons. The number of oxazole rings is 1.